The lowest BCUT2D eigenvalue weighted by atomic mass is 9.84. The average molecular weight is 448 g/mol. The number of nitrogens with zero attached hydrogens (tertiary/aromatic N) is 2. The minimum Gasteiger partial charge on any atom is -0.464 e. The maximum absolute atomic E-state index is 13.4. The highest BCUT2D eigenvalue weighted by Crippen LogP contribution is 2.36. The van der Waals surface area contributed by atoms with E-state index in [1.54, 1.807) is 49.4 Å². The molecular formula is C20H25N5O5S. The van der Waals surface area contributed by atoms with Crippen molar-refractivity contribution in [1.29, 1.82) is 0 Å². The first-order valence-corrected chi connectivity index (χ1v) is 11.1. The third-order valence-electron chi connectivity index (χ3n) is 4.35. The van der Waals surface area contributed by atoms with Crippen molar-refractivity contribution in [2.45, 2.75) is 18.9 Å². The molecule has 0 aromatic heterocycles. The Bertz CT molecular complexity index is 1050. The quantitative estimate of drug-likeness (QED) is 0.157. The molecule has 0 heterocycles. The molecule has 10 nitrogen and oxygen atoms in total. The fraction of sp³-hybridized carbons (Fsp3) is 0.250. The van der Waals surface area contributed by atoms with Gasteiger partial charge in [0.1, 0.15) is 0 Å². The summed E-state index contributed by atoms with van der Waals surface area (Å²) in [6, 6.07) is 14.9. The molecule has 0 aliphatic rings. The number of guanidine groups is 1. The van der Waals surface area contributed by atoms with Gasteiger partial charge in [0.2, 0.25) is 16.4 Å². The summed E-state index contributed by atoms with van der Waals surface area (Å²) in [6.07, 6.45) is 0.925. The van der Waals surface area contributed by atoms with Crippen LogP contribution in [0.4, 0.5) is 5.69 Å². The first-order valence-electron chi connectivity index (χ1n) is 9.26. The number of esters is 1. The summed E-state index contributed by atoms with van der Waals surface area (Å²) in [5, 5.41) is 0. The van der Waals surface area contributed by atoms with Gasteiger partial charge in [-0.15, -0.1) is 0 Å². The Balaban J connectivity index is 2.89. The zero-order chi connectivity index (χ0) is 23.1. The zero-order valence-corrected chi connectivity index (χ0v) is 18.0. The summed E-state index contributed by atoms with van der Waals surface area (Å²) in [6.45, 7) is 1.58. The highest BCUT2D eigenvalue weighted by atomic mass is 32.2. The van der Waals surface area contributed by atoms with Crippen molar-refractivity contribution in [2.24, 2.45) is 16.5 Å². The van der Waals surface area contributed by atoms with E-state index in [1.165, 1.54) is 12.1 Å². The SMILES string of the molecule is CCOC(=O)[C@@](Cc1ccccc1)(c1cccc(N=C(N)N)c1)N(NC=O)S(C)(=O)=O. The molecular weight excluding hydrogens is 422 g/mol. The van der Waals surface area contributed by atoms with E-state index >= 15 is 0 Å². The first-order chi connectivity index (χ1) is 14.6. The number of aliphatic imine (C=N–C) groups is 1. The second-order valence-corrected chi connectivity index (χ2v) is 8.44. The molecule has 5 N–H and O–H groups in total. The van der Waals surface area contributed by atoms with E-state index in [2.05, 4.69) is 10.4 Å². The van der Waals surface area contributed by atoms with Gasteiger partial charge in [0.15, 0.2) is 11.5 Å². The molecule has 0 aliphatic heterocycles. The number of rotatable bonds is 10. The van der Waals surface area contributed by atoms with Crippen LogP contribution in [0.1, 0.15) is 18.1 Å². The summed E-state index contributed by atoms with van der Waals surface area (Å²) in [7, 11) is -4.15. The molecule has 0 fully saturated rings. The van der Waals surface area contributed by atoms with Crippen LogP contribution in [0.25, 0.3) is 0 Å². The van der Waals surface area contributed by atoms with E-state index in [0.29, 0.717) is 15.7 Å². The summed E-state index contributed by atoms with van der Waals surface area (Å²) in [5.74, 6) is -1.09. The number of hydrogen-bond acceptors (Lipinski definition) is 6. The second kappa shape index (κ2) is 10.0. The molecule has 31 heavy (non-hydrogen) atoms. The fourth-order valence-corrected chi connectivity index (χ4v) is 4.27. The molecule has 1 amide bonds. The van der Waals surface area contributed by atoms with Crippen LogP contribution in [0, 0.1) is 0 Å². The molecule has 0 saturated carbocycles. The van der Waals surface area contributed by atoms with Gasteiger partial charge in [0, 0.05) is 6.42 Å². The predicted octanol–water partition coefficient (Wildman–Crippen LogP) is 0.515. The Labute approximate surface area is 180 Å². The van der Waals surface area contributed by atoms with Crippen LogP contribution in [-0.4, -0.2) is 44.0 Å². The molecule has 0 unspecified atom stereocenters. The van der Waals surface area contributed by atoms with Gasteiger partial charge in [-0.1, -0.05) is 46.9 Å². The van der Waals surface area contributed by atoms with Crippen LogP contribution < -0.4 is 16.9 Å². The Kier molecular flexibility index (Phi) is 7.72. The molecule has 0 spiro atoms. The van der Waals surface area contributed by atoms with Crippen molar-refractivity contribution in [2.75, 3.05) is 12.9 Å². The standard InChI is InChI=1S/C20H25N5O5S/c1-3-30-18(27)20(13-15-8-5-4-6-9-15,25(23-14-26)31(2,28)29)16-10-7-11-17(12-16)24-19(21)22/h4-12,14H,3,13H2,1-2H3,(H,23,26)(H4,21,22,24)/t20-/m1/s1. The van der Waals surface area contributed by atoms with Crippen LogP contribution in [0.2, 0.25) is 0 Å². The monoisotopic (exact) mass is 447 g/mol. The minimum atomic E-state index is -4.15. The molecule has 11 heteroatoms. The molecule has 166 valence electrons. The van der Waals surface area contributed by atoms with E-state index < -0.39 is 21.5 Å². The van der Waals surface area contributed by atoms with Gasteiger partial charge in [-0.05, 0) is 30.2 Å². The Morgan fingerprint density at radius 2 is 1.87 bits per heavy atom. The van der Waals surface area contributed by atoms with Crippen LogP contribution in [0.15, 0.2) is 59.6 Å². The van der Waals surface area contributed by atoms with Gasteiger partial charge in [0.05, 0.1) is 18.6 Å². The Morgan fingerprint density at radius 1 is 1.19 bits per heavy atom. The molecule has 0 saturated heterocycles. The van der Waals surface area contributed by atoms with Gasteiger partial charge in [-0.25, -0.2) is 18.2 Å². The number of nitrogens with one attached hydrogen (secondary N) is 1. The molecule has 1 atom stereocenters. The Hall–Kier alpha value is -3.44. The summed E-state index contributed by atoms with van der Waals surface area (Å²) in [5.41, 5.74) is 12.2. The number of carbonyl (C=O) groups is 2. The third kappa shape index (κ3) is 5.58. The number of amides is 1. The van der Waals surface area contributed by atoms with Gasteiger partial charge in [0.25, 0.3) is 0 Å². The largest absolute Gasteiger partial charge is 0.464 e. The lowest BCUT2D eigenvalue weighted by molar-refractivity contribution is -0.157. The van der Waals surface area contributed by atoms with Crippen LogP contribution in [0.5, 0.6) is 0 Å². The van der Waals surface area contributed by atoms with Gasteiger partial charge in [-0.3, -0.25) is 10.2 Å². The number of hydrazine groups is 1. The minimum absolute atomic E-state index is 0.0122. The van der Waals surface area contributed by atoms with Crippen LogP contribution in [-0.2, 0) is 36.3 Å². The lowest BCUT2D eigenvalue weighted by Crippen LogP contribution is -2.61. The van der Waals surface area contributed by atoms with Crippen molar-refractivity contribution < 1.29 is 22.7 Å². The summed E-state index contributed by atoms with van der Waals surface area (Å²) < 4.78 is 31.4. The van der Waals surface area contributed by atoms with Crippen molar-refractivity contribution in [3.05, 3.63) is 65.7 Å². The lowest BCUT2D eigenvalue weighted by Gasteiger charge is -2.39. The van der Waals surface area contributed by atoms with Gasteiger partial charge >= 0.3 is 5.97 Å². The van der Waals surface area contributed by atoms with E-state index in [-0.39, 0.29) is 31.0 Å². The average Bonchev–Trinajstić information content (AvgIpc) is 2.70. The van der Waals surface area contributed by atoms with Crippen molar-refractivity contribution in [3.8, 4) is 0 Å². The second-order valence-electron chi connectivity index (χ2n) is 6.60. The smallest absolute Gasteiger partial charge is 0.334 e. The van der Waals surface area contributed by atoms with Crippen molar-refractivity contribution in [3.63, 3.8) is 0 Å². The molecule has 2 aromatic rings. The third-order valence-corrected chi connectivity index (χ3v) is 5.43. The molecule has 2 rings (SSSR count). The molecule has 0 aliphatic carbocycles. The number of benzene rings is 2. The number of sulfonamides is 1. The fourth-order valence-electron chi connectivity index (χ4n) is 3.22. The van der Waals surface area contributed by atoms with Crippen LogP contribution >= 0.6 is 0 Å². The highest BCUT2D eigenvalue weighted by molar-refractivity contribution is 7.88. The van der Waals surface area contributed by atoms with Gasteiger partial charge in [-0.2, -0.15) is 0 Å². The summed E-state index contributed by atoms with van der Waals surface area (Å²) >= 11 is 0. The number of nitrogens with two attached hydrogens (primary N) is 2. The maximum atomic E-state index is 13.4. The molecule has 0 bridgehead atoms. The molecule has 0 radical (unpaired) electrons. The van der Waals surface area contributed by atoms with Crippen molar-refractivity contribution in [1.82, 2.24) is 9.84 Å². The first kappa shape index (κ1) is 23.8. The summed E-state index contributed by atoms with van der Waals surface area (Å²) in [4.78, 5) is 28.7. The van der Waals surface area contributed by atoms with E-state index in [0.717, 1.165) is 6.26 Å². The predicted molar refractivity (Wildman–Crippen MR) is 116 cm³/mol. The zero-order valence-electron chi connectivity index (χ0n) is 17.2. The molecule has 2 aromatic carbocycles. The van der Waals surface area contributed by atoms with Crippen molar-refractivity contribution >= 4 is 34.0 Å². The van der Waals surface area contributed by atoms with E-state index in [9.17, 15) is 18.0 Å². The topological polar surface area (TPSA) is 157 Å². The maximum Gasteiger partial charge on any atom is 0.334 e. The number of carbonyl (C=O) groups excluding carboxylic acids is 2. The van der Waals surface area contributed by atoms with Gasteiger partial charge < -0.3 is 16.2 Å². The van der Waals surface area contributed by atoms with Crippen LogP contribution in [0.3, 0.4) is 0 Å². The highest BCUT2D eigenvalue weighted by Gasteiger charge is 2.52. The number of ether oxygens (including phenoxy) is 1. The Morgan fingerprint density at radius 3 is 2.42 bits per heavy atom. The van der Waals surface area contributed by atoms with E-state index in [4.69, 9.17) is 16.2 Å². The number of hydrogen-bond donors (Lipinski definition) is 3. The normalized spacial score (nSPS) is 13.1. The van der Waals surface area contributed by atoms with E-state index in [1.807, 2.05) is 0 Å².